The highest BCUT2D eigenvalue weighted by Gasteiger charge is 2.30. The molecule has 10 heteroatoms. The van der Waals surface area contributed by atoms with Gasteiger partial charge >= 0.3 is 6.18 Å². The van der Waals surface area contributed by atoms with E-state index in [1.807, 2.05) is 24.3 Å². The average molecular weight is 430 g/mol. The van der Waals surface area contributed by atoms with Crippen molar-refractivity contribution >= 4 is 16.8 Å². The third kappa shape index (κ3) is 4.43. The third-order valence-electron chi connectivity index (χ3n) is 4.75. The molecule has 0 aliphatic carbocycles. The zero-order valence-corrected chi connectivity index (χ0v) is 16.0. The summed E-state index contributed by atoms with van der Waals surface area (Å²) in [6.07, 6.45) is -2.63. The number of hydrogen-bond acceptors (Lipinski definition) is 5. The molecule has 0 spiro atoms. The van der Waals surface area contributed by atoms with E-state index in [4.69, 9.17) is 4.52 Å². The van der Waals surface area contributed by atoms with E-state index in [9.17, 15) is 23.1 Å². The molecule has 0 saturated carbocycles. The van der Waals surface area contributed by atoms with Gasteiger partial charge < -0.3 is 19.9 Å². The number of H-pyrrole nitrogens is 1. The molecule has 0 saturated heterocycles. The third-order valence-corrected chi connectivity index (χ3v) is 4.75. The molecular formula is C21H17F3N4O3. The summed E-state index contributed by atoms with van der Waals surface area (Å²) in [5.74, 6) is -0.365. The number of nitrogens with zero attached hydrogens (tertiary/aromatic N) is 2. The van der Waals surface area contributed by atoms with Crippen LogP contribution < -0.4 is 5.32 Å². The van der Waals surface area contributed by atoms with Crippen molar-refractivity contribution < 1.29 is 27.6 Å². The van der Waals surface area contributed by atoms with Crippen LogP contribution >= 0.6 is 0 Å². The number of aromatic nitrogens is 3. The minimum Gasteiger partial charge on any atom is -0.394 e. The number of benzene rings is 2. The number of aromatic amines is 1. The van der Waals surface area contributed by atoms with E-state index in [0.717, 1.165) is 28.6 Å². The van der Waals surface area contributed by atoms with Gasteiger partial charge in [0.15, 0.2) is 0 Å². The van der Waals surface area contributed by atoms with Crippen LogP contribution in [0.15, 0.2) is 59.3 Å². The molecule has 2 aromatic carbocycles. The van der Waals surface area contributed by atoms with Gasteiger partial charge in [-0.15, -0.1) is 0 Å². The number of halogens is 3. The Morgan fingerprint density at radius 3 is 2.61 bits per heavy atom. The number of para-hydroxylation sites is 1. The summed E-state index contributed by atoms with van der Waals surface area (Å²) >= 11 is 0. The number of carbonyl (C=O) groups is 1. The lowest BCUT2D eigenvalue weighted by Crippen LogP contribution is -2.32. The predicted octanol–water partition coefficient (Wildman–Crippen LogP) is 3.63. The molecular weight excluding hydrogens is 413 g/mol. The van der Waals surface area contributed by atoms with Crippen molar-refractivity contribution in [3.05, 3.63) is 71.7 Å². The summed E-state index contributed by atoms with van der Waals surface area (Å²) in [5, 5.41) is 16.9. The van der Waals surface area contributed by atoms with Crippen molar-refractivity contribution in [1.82, 2.24) is 20.4 Å². The number of fused-ring (bicyclic) bond motifs is 1. The summed E-state index contributed by atoms with van der Waals surface area (Å²) in [7, 11) is 0. The second-order valence-corrected chi connectivity index (χ2v) is 6.87. The molecule has 0 fully saturated rings. The molecule has 0 aliphatic heterocycles. The van der Waals surface area contributed by atoms with Gasteiger partial charge in [-0.05, 0) is 23.8 Å². The highest BCUT2D eigenvalue weighted by atomic mass is 19.4. The van der Waals surface area contributed by atoms with Crippen LogP contribution in [0.2, 0.25) is 0 Å². The topological polar surface area (TPSA) is 104 Å². The van der Waals surface area contributed by atoms with Crippen molar-refractivity contribution in [1.29, 1.82) is 0 Å². The molecule has 3 N–H and O–H groups in total. The summed E-state index contributed by atoms with van der Waals surface area (Å²) in [4.78, 5) is 19.7. The van der Waals surface area contributed by atoms with E-state index in [1.54, 1.807) is 6.20 Å². The van der Waals surface area contributed by atoms with Crippen LogP contribution in [0.25, 0.3) is 22.3 Å². The molecule has 4 rings (SSSR count). The standard InChI is InChI=1S/C21H17F3N4O3/c22-21(23,24)14-7-5-12(6-8-14)19-27-20(31-28-19)17(11-29)26-18(30)9-13-10-25-16-4-2-1-3-15(13)16/h1-8,10,17,25,29H,9,11H2,(H,26,30)/t17-/m0/s1. The number of carbonyl (C=O) groups excluding carboxylic acids is 1. The Morgan fingerprint density at radius 2 is 1.90 bits per heavy atom. The molecule has 0 aliphatic rings. The lowest BCUT2D eigenvalue weighted by atomic mass is 10.1. The van der Waals surface area contributed by atoms with E-state index in [0.29, 0.717) is 5.56 Å². The van der Waals surface area contributed by atoms with Crippen molar-refractivity contribution in [2.24, 2.45) is 0 Å². The Morgan fingerprint density at radius 1 is 1.16 bits per heavy atom. The van der Waals surface area contributed by atoms with Gasteiger partial charge in [0.2, 0.25) is 11.7 Å². The van der Waals surface area contributed by atoms with Crippen molar-refractivity contribution in [2.75, 3.05) is 6.61 Å². The number of aliphatic hydroxyl groups excluding tert-OH is 1. The molecule has 7 nitrogen and oxygen atoms in total. The highest BCUT2D eigenvalue weighted by molar-refractivity contribution is 5.88. The van der Waals surface area contributed by atoms with E-state index >= 15 is 0 Å². The largest absolute Gasteiger partial charge is 0.416 e. The Bertz CT molecular complexity index is 1200. The van der Waals surface area contributed by atoms with Crippen LogP contribution in [0.5, 0.6) is 0 Å². The Hall–Kier alpha value is -3.66. The summed E-state index contributed by atoms with van der Waals surface area (Å²) in [5.41, 5.74) is 1.21. The van der Waals surface area contributed by atoms with Gasteiger partial charge in [0, 0.05) is 22.7 Å². The first-order valence-electron chi connectivity index (χ1n) is 9.31. The fraction of sp³-hybridized carbons (Fsp3) is 0.190. The molecule has 2 heterocycles. The molecule has 1 amide bonds. The van der Waals surface area contributed by atoms with Gasteiger partial charge in [0.25, 0.3) is 5.89 Å². The minimum atomic E-state index is -4.45. The molecule has 0 bridgehead atoms. The second kappa shape index (κ2) is 8.23. The van der Waals surface area contributed by atoms with Crippen LogP contribution in [0.3, 0.4) is 0 Å². The number of rotatable bonds is 6. The number of hydrogen-bond donors (Lipinski definition) is 3. The molecule has 160 valence electrons. The van der Waals surface area contributed by atoms with Crippen LogP contribution in [-0.4, -0.2) is 32.7 Å². The van der Waals surface area contributed by atoms with Gasteiger partial charge in [0.1, 0.15) is 6.04 Å². The fourth-order valence-corrected chi connectivity index (χ4v) is 3.18. The molecule has 31 heavy (non-hydrogen) atoms. The monoisotopic (exact) mass is 430 g/mol. The van der Waals surface area contributed by atoms with Crippen LogP contribution in [0, 0.1) is 0 Å². The summed E-state index contributed by atoms with van der Waals surface area (Å²) < 4.78 is 43.2. The molecule has 1 atom stereocenters. The fourth-order valence-electron chi connectivity index (χ4n) is 3.18. The van der Waals surface area contributed by atoms with Gasteiger partial charge in [-0.2, -0.15) is 18.2 Å². The van der Waals surface area contributed by atoms with E-state index in [1.165, 1.54) is 12.1 Å². The van der Waals surface area contributed by atoms with Crippen LogP contribution in [0.4, 0.5) is 13.2 Å². The first-order valence-corrected chi connectivity index (χ1v) is 9.31. The number of aliphatic hydroxyl groups is 1. The summed E-state index contributed by atoms with van der Waals surface area (Å²) in [6.45, 7) is -0.492. The van der Waals surface area contributed by atoms with Gasteiger partial charge in [-0.3, -0.25) is 4.79 Å². The first kappa shape index (κ1) is 20.6. The first-order chi connectivity index (χ1) is 14.8. The van der Waals surface area contributed by atoms with Gasteiger partial charge in [-0.1, -0.05) is 35.5 Å². The number of alkyl halides is 3. The molecule has 0 radical (unpaired) electrons. The highest BCUT2D eigenvalue weighted by Crippen LogP contribution is 2.30. The number of nitrogens with one attached hydrogen (secondary N) is 2. The maximum atomic E-state index is 12.7. The van der Waals surface area contributed by atoms with E-state index < -0.39 is 24.4 Å². The lowest BCUT2D eigenvalue weighted by Gasteiger charge is -2.11. The average Bonchev–Trinajstić information content (AvgIpc) is 3.39. The SMILES string of the molecule is O=C(Cc1c[nH]c2ccccc12)N[C@@H](CO)c1nc(-c2ccc(C(F)(F)F)cc2)no1. The second-order valence-electron chi connectivity index (χ2n) is 6.87. The smallest absolute Gasteiger partial charge is 0.394 e. The molecule has 0 unspecified atom stereocenters. The quantitative estimate of drug-likeness (QED) is 0.433. The summed E-state index contributed by atoms with van der Waals surface area (Å²) in [6, 6.07) is 10.9. The Balaban J connectivity index is 1.46. The number of amides is 1. The van der Waals surface area contributed by atoms with E-state index in [-0.39, 0.29) is 24.0 Å². The molecule has 2 aromatic heterocycles. The van der Waals surface area contributed by atoms with E-state index in [2.05, 4.69) is 20.4 Å². The zero-order chi connectivity index (χ0) is 22.0. The van der Waals surface area contributed by atoms with Gasteiger partial charge in [0.05, 0.1) is 18.6 Å². The predicted molar refractivity (Wildman–Crippen MR) is 105 cm³/mol. The lowest BCUT2D eigenvalue weighted by molar-refractivity contribution is -0.137. The van der Waals surface area contributed by atoms with Crippen molar-refractivity contribution in [3.8, 4) is 11.4 Å². The van der Waals surface area contributed by atoms with Crippen LogP contribution in [-0.2, 0) is 17.4 Å². The maximum Gasteiger partial charge on any atom is 0.416 e. The molecule has 4 aromatic rings. The van der Waals surface area contributed by atoms with Gasteiger partial charge in [-0.25, -0.2) is 0 Å². The van der Waals surface area contributed by atoms with Crippen molar-refractivity contribution in [3.63, 3.8) is 0 Å². The zero-order valence-electron chi connectivity index (χ0n) is 16.0. The van der Waals surface area contributed by atoms with Crippen LogP contribution in [0.1, 0.15) is 23.1 Å². The Kier molecular flexibility index (Phi) is 5.47. The minimum absolute atomic E-state index is 0.0491. The normalized spacial score (nSPS) is 12.8. The van der Waals surface area contributed by atoms with Crippen molar-refractivity contribution in [2.45, 2.75) is 18.6 Å². The Labute approximate surface area is 173 Å². The maximum absolute atomic E-state index is 12.7.